The summed E-state index contributed by atoms with van der Waals surface area (Å²) in [6.07, 6.45) is 0.745. The highest BCUT2D eigenvalue weighted by Crippen LogP contribution is 2.02. The van der Waals surface area contributed by atoms with Gasteiger partial charge >= 0.3 is 10.2 Å². The van der Waals surface area contributed by atoms with Crippen molar-refractivity contribution < 1.29 is 18.0 Å². The molecule has 0 unspecified atom stereocenters. The zero-order chi connectivity index (χ0) is 13.5. The van der Waals surface area contributed by atoms with Gasteiger partial charge in [-0.15, -0.1) is 0 Å². The quantitative estimate of drug-likeness (QED) is 0.556. The molecule has 0 aromatic rings. The molecule has 0 aromatic carbocycles. The highest BCUT2D eigenvalue weighted by atomic mass is 32.2. The second kappa shape index (κ2) is 7.23. The molecule has 2 amide bonds. The molecule has 0 rings (SSSR count). The van der Waals surface area contributed by atoms with E-state index >= 15 is 0 Å². The van der Waals surface area contributed by atoms with Crippen LogP contribution in [0.3, 0.4) is 0 Å². The number of hydrogen-bond donors (Lipinski definition) is 3. The van der Waals surface area contributed by atoms with Gasteiger partial charge in [-0.25, -0.2) is 4.72 Å². The SMILES string of the molecule is CNC(=O)CNS(=O)(=O)NC(=O)CCC(C)C. The highest BCUT2D eigenvalue weighted by molar-refractivity contribution is 7.88. The summed E-state index contributed by atoms with van der Waals surface area (Å²) in [7, 11) is -2.56. The van der Waals surface area contributed by atoms with Gasteiger partial charge in [0.2, 0.25) is 11.8 Å². The molecule has 100 valence electrons. The number of hydrogen-bond acceptors (Lipinski definition) is 4. The van der Waals surface area contributed by atoms with E-state index < -0.39 is 28.6 Å². The van der Waals surface area contributed by atoms with Crippen molar-refractivity contribution in [3.8, 4) is 0 Å². The van der Waals surface area contributed by atoms with Gasteiger partial charge in [-0.05, 0) is 12.3 Å². The molecule has 0 aliphatic heterocycles. The lowest BCUT2D eigenvalue weighted by molar-refractivity contribution is -0.120. The number of rotatable bonds is 7. The topological polar surface area (TPSA) is 104 Å². The predicted molar refractivity (Wildman–Crippen MR) is 63.2 cm³/mol. The van der Waals surface area contributed by atoms with Crippen molar-refractivity contribution >= 4 is 22.0 Å². The average molecular weight is 265 g/mol. The molecule has 8 heteroatoms. The van der Waals surface area contributed by atoms with E-state index in [0.29, 0.717) is 12.3 Å². The highest BCUT2D eigenvalue weighted by Gasteiger charge is 2.15. The van der Waals surface area contributed by atoms with Crippen molar-refractivity contribution in [2.45, 2.75) is 26.7 Å². The third kappa shape index (κ3) is 8.64. The van der Waals surface area contributed by atoms with Crippen LogP contribution < -0.4 is 14.8 Å². The van der Waals surface area contributed by atoms with Gasteiger partial charge in [0, 0.05) is 13.5 Å². The van der Waals surface area contributed by atoms with Crippen LogP contribution in [0, 0.1) is 5.92 Å². The lowest BCUT2D eigenvalue weighted by Gasteiger charge is -2.08. The van der Waals surface area contributed by atoms with Crippen LogP contribution in [0.1, 0.15) is 26.7 Å². The van der Waals surface area contributed by atoms with Gasteiger partial charge in [0.25, 0.3) is 0 Å². The predicted octanol–water partition coefficient (Wildman–Crippen LogP) is -0.881. The van der Waals surface area contributed by atoms with Crippen LogP contribution >= 0.6 is 0 Å². The van der Waals surface area contributed by atoms with E-state index in [1.54, 1.807) is 0 Å². The third-order valence-electron chi connectivity index (χ3n) is 1.90. The standard InChI is InChI=1S/C9H19N3O4S/c1-7(2)4-5-8(13)12-17(15,16)11-6-9(14)10-3/h7,11H,4-6H2,1-3H3,(H,10,14)(H,12,13). The maximum atomic E-state index is 11.3. The van der Waals surface area contributed by atoms with Crippen molar-refractivity contribution in [2.75, 3.05) is 13.6 Å². The summed E-state index contributed by atoms with van der Waals surface area (Å²) < 4.78 is 26.4. The Kier molecular flexibility index (Phi) is 6.74. The second-order valence-electron chi connectivity index (χ2n) is 3.96. The van der Waals surface area contributed by atoms with Crippen LogP contribution in [-0.2, 0) is 19.8 Å². The molecule has 0 aliphatic rings. The van der Waals surface area contributed by atoms with E-state index in [0.717, 1.165) is 0 Å². The lowest BCUT2D eigenvalue weighted by Crippen LogP contribution is -2.44. The minimum absolute atomic E-state index is 0.137. The summed E-state index contributed by atoms with van der Waals surface area (Å²) in [5, 5.41) is 2.25. The smallest absolute Gasteiger partial charge is 0.301 e. The van der Waals surface area contributed by atoms with E-state index in [1.807, 2.05) is 23.3 Å². The second-order valence-corrected chi connectivity index (χ2v) is 5.46. The fourth-order valence-electron chi connectivity index (χ4n) is 0.906. The maximum absolute atomic E-state index is 11.3. The number of likely N-dealkylation sites (N-methyl/N-ethyl adjacent to an activating group) is 1. The maximum Gasteiger partial charge on any atom is 0.301 e. The molecule has 0 atom stereocenters. The number of amides is 2. The molecule has 0 fully saturated rings. The van der Waals surface area contributed by atoms with Crippen LogP contribution in [0.4, 0.5) is 0 Å². The first-order valence-electron chi connectivity index (χ1n) is 5.27. The van der Waals surface area contributed by atoms with Crippen LogP contribution in [-0.4, -0.2) is 33.8 Å². The monoisotopic (exact) mass is 265 g/mol. The molecule has 0 heterocycles. The van der Waals surface area contributed by atoms with E-state index in [4.69, 9.17) is 0 Å². The van der Waals surface area contributed by atoms with Gasteiger partial charge in [-0.1, -0.05) is 13.8 Å². The molecule has 0 bridgehead atoms. The van der Waals surface area contributed by atoms with Crippen LogP contribution in [0.15, 0.2) is 0 Å². The molecule has 0 spiro atoms. The van der Waals surface area contributed by atoms with Crippen molar-refractivity contribution in [3.05, 3.63) is 0 Å². The van der Waals surface area contributed by atoms with Crippen molar-refractivity contribution in [3.63, 3.8) is 0 Å². The minimum Gasteiger partial charge on any atom is -0.358 e. The average Bonchev–Trinajstić information content (AvgIpc) is 2.22. The zero-order valence-electron chi connectivity index (χ0n) is 10.2. The first-order chi connectivity index (χ1) is 7.76. The Morgan fingerprint density at radius 2 is 1.76 bits per heavy atom. The van der Waals surface area contributed by atoms with Gasteiger partial charge in [-0.2, -0.15) is 13.1 Å². The molecular weight excluding hydrogens is 246 g/mol. The Labute approximate surface area is 102 Å². The lowest BCUT2D eigenvalue weighted by atomic mass is 10.1. The van der Waals surface area contributed by atoms with E-state index in [2.05, 4.69) is 5.32 Å². The number of nitrogens with one attached hydrogen (secondary N) is 3. The van der Waals surface area contributed by atoms with E-state index in [9.17, 15) is 18.0 Å². The molecular formula is C9H19N3O4S. The molecule has 17 heavy (non-hydrogen) atoms. The van der Waals surface area contributed by atoms with Gasteiger partial charge in [-0.3, -0.25) is 9.59 Å². The third-order valence-corrected chi connectivity index (χ3v) is 2.92. The summed E-state index contributed by atoms with van der Waals surface area (Å²) in [5.41, 5.74) is 0. The Bertz CT molecular complexity index is 364. The Balaban J connectivity index is 4.08. The molecule has 7 nitrogen and oxygen atoms in total. The Morgan fingerprint density at radius 3 is 2.24 bits per heavy atom. The largest absolute Gasteiger partial charge is 0.358 e. The van der Waals surface area contributed by atoms with Gasteiger partial charge in [0.05, 0.1) is 6.54 Å². The summed E-state index contributed by atoms with van der Waals surface area (Å²) in [6, 6.07) is 0. The summed E-state index contributed by atoms with van der Waals surface area (Å²) in [4.78, 5) is 22.1. The fraction of sp³-hybridized carbons (Fsp3) is 0.778. The van der Waals surface area contributed by atoms with Crippen LogP contribution in [0.5, 0.6) is 0 Å². The molecule has 0 aliphatic carbocycles. The first-order valence-corrected chi connectivity index (χ1v) is 6.76. The summed E-state index contributed by atoms with van der Waals surface area (Å²) in [6.45, 7) is 3.47. The van der Waals surface area contributed by atoms with Gasteiger partial charge in [0.1, 0.15) is 0 Å². The van der Waals surface area contributed by atoms with Gasteiger partial charge < -0.3 is 5.32 Å². The van der Waals surface area contributed by atoms with Crippen molar-refractivity contribution in [1.29, 1.82) is 0 Å². The molecule has 0 aromatic heterocycles. The Morgan fingerprint density at radius 1 is 1.18 bits per heavy atom. The zero-order valence-corrected chi connectivity index (χ0v) is 11.1. The van der Waals surface area contributed by atoms with Crippen LogP contribution in [0.25, 0.3) is 0 Å². The van der Waals surface area contributed by atoms with Crippen molar-refractivity contribution in [1.82, 2.24) is 14.8 Å². The van der Waals surface area contributed by atoms with Crippen LogP contribution in [0.2, 0.25) is 0 Å². The number of carbonyl (C=O) groups is 2. The van der Waals surface area contributed by atoms with Crippen molar-refractivity contribution in [2.24, 2.45) is 5.92 Å². The van der Waals surface area contributed by atoms with Gasteiger partial charge in [0.15, 0.2) is 0 Å². The van der Waals surface area contributed by atoms with E-state index in [1.165, 1.54) is 7.05 Å². The first kappa shape index (κ1) is 15.9. The summed E-state index contributed by atoms with van der Waals surface area (Å²) in [5.74, 6) is -0.740. The molecule has 0 radical (unpaired) electrons. The normalized spacial score (nSPS) is 11.3. The van der Waals surface area contributed by atoms with E-state index in [-0.39, 0.29) is 6.42 Å². The number of carbonyl (C=O) groups excluding carboxylic acids is 2. The molecule has 3 N–H and O–H groups in total. The summed E-state index contributed by atoms with van der Waals surface area (Å²) >= 11 is 0. The molecule has 0 saturated carbocycles. The Hall–Kier alpha value is -1.15. The fourth-order valence-corrected chi connectivity index (χ4v) is 1.70. The molecule has 0 saturated heterocycles. The minimum atomic E-state index is -3.94.